The second-order valence-corrected chi connectivity index (χ2v) is 12.0. The van der Waals surface area contributed by atoms with E-state index in [0.29, 0.717) is 25.1 Å². The van der Waals surface area contributed by atoms with Crippen LogP contribution >= 0.6 is 0 Å². The zero-order valence-electron chi connectivity index (χ0n) is 22.6. The highest BCUT2D eigenvalue weighted by atomic mass is 32.2. The summed E-state index contributed by atoms with van der Waals surface area (Å²) < 4.78 is 26.3. The number of aryl methyl sites for hydroxylation is 2. The van der Waals surface area contributed by atoms with Crippen molar-refractivity contribution >= 4 is 27.5 Å². The Morgan fingerprint density at radius 2 is 1.68 bits per heavy atom. The van der Waals surface area contributed by atoms with E-state index in [4.69, 9.17) is 0 Å². The fraction of sp³-hybridized carbons (Fsp3) is 0.517. The Morgan fingerprint density at radius 1 is 1.03 bits per heavy atom. The summed E-state index contributed by atoms with van der Waals surface area (Å²) in [5.74, 6) is -0.247. The van der Waals surface area contributed by atoms with Gasteiger partial charge in [-0.3, -0.25) is 13.9 Å². The van der Waals surface area contributed by atoms with Crippen LogP contribution in [0, 0.1) is 13.8 Å². The summed E-state index contributed by atoms with van der Waals surface area (Å²) >= 11 is 0. The van der Waals surface area contributed by atoms with Crippen LogP contribution in [0.2, 0.25) is 0 Å². The van der Waals surface area contributed by atoms with Gasteiger partial charge < -0.3 is 10.2 Å². The minimum atomic E-state index is -3.51. The molecule has 0 bridgehead atoms. The lowest BCUT2D eigenvalue weighted by atomic mass is 10.0. The molecule has 1 N–H and O–H groups in total. The number of anilines is 1. The molecule has 1 atom stereocenters. The molecule has 202 valence electrons. The van der Waals surface area contributed by atoms with Crippen LogP contribution in [-0.4, -0.2) is 50.0 Å². The lowest BCUT2D eigenvalue weighted by molar-refractivity contribution is -0.141. The molecule has 1 aliphatic rings. The number of carbonyl (C=O) groups is 2. The smallest absolute Gasteiger partial charge is 0.243 e. The summed E-state index contributed by atoms with van der Waals surface area (Å²) in [5.41, 5.74) is 3.69. The van der Waals surface area contributed by atoms with Crippen LogP contribution in [0.3, 0.4) is 0 Å². The summed E-state index contributed by atoms with van der Waals surface area (Å²) in [4.78, 5) is 28.6. The van der Waals surface area contributed by atoms with Gasteiger partial charge in [-0.2, -0.15) is 0 Å². The molecule has 2 amide bonds. The molecular formula is C29H41N3O4S. The molecule has 0 heterocycles. The number of carbonyl (C=O) groups excluding carboxylic acids is 2. The monoisotopic (exact) mass is 527 g/mol. The van der Waals surface area contributed by atoms with Gasteiger partial charge in [-0.05, 0) is 62.8 Å². The first-order valence-electron chi connectivity index (χ1n) is 13.3. The van der Waals surface area contributed by atoms with Crippen molar-refractivity contribution in [1.82, 2.24) is 10.2 Å². The topological polar surface area (TPSA) is 86.8 Å². The Hall–Kier alpha value is -2.87. The van der Waals surface area contributed by atoms with Gasteiger partial charge in [-0.1, -0.05) is 61.7 Å². The molecule has 0 spiro atoms. The number of amides is 2. The van der Waals surface area contributed by atoms with Crippen molar-refractivity contribution in [3.63, 3.8) is 0 Å². The fourth-order valence-corrected chi connectivity index (χ4v) is 5.94. The Balaban J connectivity index is 1.76. The van der Waals surface area contributed by atoms with E-state index in [1.54, 1.807) is 17.0 Å². The van der Waals surface area contributed by atoms with E-state index in [-0.39, 0.29) is 30.8 Å². The predicted molar refractivity (Wildman–Crippen MR) is 149 cm³/mol. The van der Waals surface area contributed by atoms with E-state index >= 15 is 0 Å². The number of benzene rings is 2. The van der Waals surface area contributed by atoms with Gasteiger partial charge in [-0.25, -0.2) is 8.42 Å². The third-order valence-electron chi connectivity index (χ3n) is 7.16. The van der Waals surface area contributed by atoms with Crippen molar-refractivity contribution < 1.29 is 18.0 Å². The Bertz CT molecular complexity index is 1160. The number of hydrogen-bond acceptors (Lipinski definition) is 4. The van der Waals surface area contributed by atoms with Gasteiger partial charge in [0.2, 0.25) is 21.8 Å². The summed E-state index contributed by atoms with van der Waals surface area (Å²) in [6.07, 6.45) is 6.38. The third kappa shape index (κ3) is 8.06. The number of nitrogens with zero attached hydrogens (tertiary/aromatic N) is 2. The van der Waals surface area contributed by atoms with Gasteiger partial charge in [0, 0.05) is 25.6 Å². The molecular weight excluding hydrogens is 486 g/mol. The molecule has 0 saturated heterocycles. The molecule has 0 aliphatic heterocycles. The first kappa shape index (κ1) is 28.7. The molecule has 7 nitrogen and oxygen atoms in total. The first-order chi connectivity index (χ1) is 17.6. The molecule has 2 aromatic rings. The first-order valence-corrected chi connectivity index (χ1v) is 15.1. The van der Waals surface area contributed by atoms with Crippen molar-refractivity contribution in [3.8, 4) is 0 Å². The number of nitrogens with one attached hydrogen (secondary N) is 1. The van der Waals surface area contributed by atoms with E-state index < -0.39 is 16.1 Å². The molecule has 2 aromatic carbocycles. The van der Waals surface area contributed by atoms with E-state index in [1.807, 2.05) is 57.2 Å². The number of rotatable bonds is 12. The summed E-state index contributed by atoms with van der Waals surface area (Å²) in [5, 5.41) is 3.17. The van der Waals surface area contributed by atoms with E-state index in [1.165, 1.54) is 10.6 Å². The minimum Gasteiger partial charge on any atom is -0.352 e. The molecule has 1 saturated carbocycles. The lowest BCUT2D eigenvalue weighted by Crippen LogP contribution is -2.51. The molecule has 1 aliphatic carbocycles. The Kier molecular flexibility index (Phi) is 10.1. The summed E-state index contributed by atoms with van der Waals surface area (Å²) in [6.45, 7) is 6.42. The highest BCUT2D eigenvalue weighted by Crippen LogP contribution is 2.22. The van der Waals surface area contributed by atoms with Gasteiger partial charge in [0.25, 0.3) is 0 Å². The van der Waals surface area contributed by atoms with Crippen LogP contribution in [0.1, 0.15) is 68.6 Å². The SMILES string of the molecule is CCC(C(=O)NC1CCCC1)N(Cc1ccccc1C)C(=O)CCCN(c1ccc(C)cc1)S(C)(=O)=O. The van der Waals surface area contributed by atoms with E-state index in [2.05, 4.69) is 5.32 Å². The normalized spacial score (nSPS) is 14.8. The number of hydrogen-bond donors (Lipinski definition) is 1. The van der Waals surface area contributed by atoms with Crippen molar-refractivity contribution in [2.24, 2.45) is 0 Å². The van der Waals surface area contributed by atoms with Crippen molar-refractivity contribution in [1.29, 1.82) is 0 Å². The van der Waals surface area contributed by atoms with Crippen LogP contribution in [0.25, 0.3) is 0 Å². The van der Waals surface area contributed by atoms with Crippen molar-refractivity contribution in [3.05, 3.63) is 65.2 Å². The average Bonchev–Trinajstić information content (AvgIpc) is 3.36. The largest absolute Gasteiger partial charge is 0.352 e. The van der Waals surface area contributed by atoms with Crippen LogP contribution in [0.4, 0.5) is 5.69 Å². The van der Waals surface area contributed by atoms with Crippen LogP contribution in [0.5, 0.6) is 0 Å². The van der Waals surface area contributed by atoms with E-state index in [0.717, 1.165) is 42.4 Å². The summed E-state index contributed by atoms with van der Waals surface area (Å²) in [7, 11) is -3.51. The van der Waals surface area contributed by atoms with Gasteiger partial charge in [0.15, 0.2) is 0 Å². The average molecular weight is 528 g/mol. The molecule has 1 unspecified atom stereocenters. The maximum Gasteiger partial charge on any atom is 0.243 e. The van der Waals surface area contributed by atoms with Gasteiger partial charge in [0.05, 0.1) is 11.9 Å². The second-order valence-electron chi connectivity index (χ2n) is 10.1. The standard InChI is InChI=1S/C29H41N3O4S/c1-5-27(29(34)30-25-13-8-9-14-25)31(21-24-12-7-6-11-23(24)3)28(33)15-10-20-32(37(4,35)36)26-18-16-22(2)17-19-26/h6-7,11-12,16-19,25,27H,5,8-10,13-15,20-21H2,1-4H3,(H,30,34). The highest BCUT2D eigenvalue weighted by Gasteiger charge is 2.31. The van der Waals surface area contributed by atoms with Gasteiger partial charge in [-0.15, -0.1) is 0 Å². The van der Waals surface area contributed by atoms with E-state index in [9.17, 15) is 18.0 Å². The Morgan fingerprint density at radius 3 is 2.27 bits per heavy atom. The van der Waals surface area contributed by atoms with Crippen LogP contribution in [0.15, 0.2) is 48.5 Å². The third-order valence-corrected chi connectivity index (χ3v) is 8.36. The zero-order valence-corrected chi connectivity index (χ0v) is 23.4. The maximum atomic E-state index is 13.6. The second kappa shape index (κ2) is 13.1. The minimum absolute atomic E-state index is 0.103. The lowest BCUT2D eigenvalue weighted by Gasteiger charge is -2.32. The molecule has 37 heavy (non-hydrogen) atoms. The van der Waals surface area contributed by atoms with Crippen molar-refractivity contribution in [2.45, 2.75) is 84.3 Å². The zero-order chi connectivity index (χ0) is 27.0. The quantitative estimate of drug-likeness (QED) is 0.433. The highest BCUT2D eigenvalue weighted by molar-refractivity contribution is 7.92. The Labute approximate surface area is 222 Å². The van der Waals surface area contributed by atoms with Crippen molar-refractivity contribution in [2.75, 3.05) is 17.1 Å². The molecule has 8 heteroatoms. The predicted octanol–water partition coefficient (Wildman–Crippen LogP) is 4.72. The molecule has 1 fully saturated rings. The molecule has 0 radical (unpaired) electrons. The molecule has 0 aromatic heterocycles. The summed E-state index contributed by atoms with van der Waals surface area (Å²) in [6, 6.07) is 14.8. The maximum absolute atomic E-state index is 13.6. The number of sulfonamides is 1. The fourth-order valence-electron chi connectivity index (χ4n) is 4.97. The van der Waals surface area contributed by atoms with Gasteiger partial charge in [0.1, 0.15) is 6.04 Å². The molecule has 3 rings (SSSR count). The van der Waals surface area contributed by atoms with Crippen LogP contribution in [-0.2, 0) is 26.2 Å². The van der Waals surface area contributed by atoms with Gasteiger partial charge >= 0.3 is 0 Å². The van der Waals surface area contributed by atoms with Crippen LogP contribution < -0.4 is 9.62 Å².